The van der Waals surface area contributed by atoms with E-state index in [0.717, 1.165) is 16.7 Å². The number of aliphatic hydroxyl groups is 1. The van der Waals surface area contributed by atoms with Gasteiger partial charge in [0.2, 0.25) is 5.88 Å². The molecule has 0 radical (unpaired) electrons. The van der Waals surface area contributed by atoms with Crippen LogP contribution in [0.15, 0.2) is 54.7 Å². The summed E-state index contributed by atoms with van der Waals surface area (Å²) in [4.78, 5) is 16.7. The van der Waals surface area contributed by atoms with Gasteiger partial charge in [0.1, 0.15) is 0 Å². The van der Waals surface area contributed by atoms with Gasteiger partial charge in [0.15, 0.2) is 0 Å². The van der Waals surface area contributed by atoms with Crippen molar-refractivity contribution in [1.82, 2.24) is 10.3 Å². The summed E-state index contributed by atoms with van der Waals surface area (Å²) in [7, 11) is 1.54. The molecule has 0 aliphatic rings. The molecule has 7 heteroatoms. The predicted molar refractivity (Wildman–Crippen MR) is 110 cm³/mol. The lowest BCUT2D eigenvalue weighted by atomic mass is 10.00. The van der Waals surface area contributed by atoms with E-state index in [0.29, 0.717) is 33.6 Å². The second-order valence-electron chi connectivity index (χ2n) is 6.09. The van der Waals surface area contributed by atoms with E-state index in [-0.39, 0.29) is 12.5 Å². The summed E-state index contributed by atoms with van der Waals surface area (Å²) in [6, 6.07) is 14.0. The summed E-state index contributed by atoms with van der Waals surface area (Å²) < 4.78 is 5.16. The number of ether oxygens (including phenoxy) is 1. The number of benzene rings is 2. The van der Waals surface area contributed by atoms with Crippen LogP contribution in [0.4, 0.5) is 0 Å². The van der Waals surface area contributed by atoms with Crippen molar-refractivity contribution in [2.24, 2.45) is 0 Å². The molecule has 0 spiro atoms. The zero-order chi connectivity index (χ0) is 20.1. The number of halogens is 2. The van der Waals surface area contributed by atoms with Gasteiger partial charge in [-0.25, -0.2) is 4.98 Å². The van der Waals surface area contributed by atoms with Crippen molar-refractivity contribution >= 4 is 29.1 Å². The Morgan fingerprint density at radius 3 is 2.57 bits per heavy atom. The number of aliphatic hydroxyl groups excluding tert-OH is 1. The van der Waals surface area contributed by atoms with Crippen LogP contribution in [0.1, 0.15) is 21.5 Å². The van der Waals surface area contributed by atoms with E-state index >= 15 is 0 Å². The largest absolute Gasteiger partial charge is 0.481 e. The Morgan fingerprint density at radius 1 is 1.04 bits per heavy atom. The van der Waals surface area contributed by atoms with Crippen molar-refractivity contribution in [2.75, 3.05) is 7.11 Å². The van der Waals surface area contributed by atoms with Crippen LogP contribution in [-0.4, -0.2) is 23.1 Å². The second kappa shape index (κ2) is 9.06. The van der Waals surface area contributed by atoms with Crippen LogP contribution in [0.5, 0.6) is 5.88 Å². The lowest BCUT2D eigenvalue weighted by molar-refractivity contribution is 0.0950. The number of nitrogens with one attached hydrogen (secondary N) is 1. The average molecular weight is 417 g/mol. The first-order valence-corrected chi connectivity index (χ1v) is 9.23. The van der Waals surface area contributed by atoms with E-state index in [4.69, 9.17) is 27.9 Å². The van der Waals surface area contributed by atoms with Crippen molar-refractivity contribution in [1.29, 1.82) is 0 Å². The molecule has 1 amide bonds. The third-order valence-electron chi connectivity index (χ3n) is 4.15. The fourth-order valence-electron chi connectivity index (χ4n) is 2.72. The monoisotopic (exact) mass is 416 g/mol. The SMILES string of the molecule is COc1cc(-c2cc(CO)cc(C(=O)NCc3ccc(Cl)c(Cl)c3)c2)ccn1. The zero-order valence-electron chi connectivity index (χ0n) is 15.1. The number of pyridine rings is 1. The van der Waals surface area contributed by atoms with E-state index in [2.05, 4.69) is 10.3 Å². The number of rotatable bonds is 6. The first kappa shape index (κ1) is 20.1. The van der Waals surface area contributed by atoms with Gasteiger partial charge in [-0.1, -0.05) is 29.3 Å². The van der Waals surface area contributed by atoms with Gasteiger partial charge in [-0.2, -0.15) is 0 Å². The summed E-state index contributed by atoms with van der Waals surface area (Å²) in [5.74, 6) is 0.209. The molecule has 1 aromatic heterocycles. The Hall–Kier alpha value is -2.60. The van der Waals surface area contributed by atoms with Gasteiger partial charge >= 0.3 is 0 Å². The first-order chi connectivity index (χ1) is 13.5. The van der Waals surface area contributed by atoms with Crippen molar-refractivity contribution in [3.8, 4) is 17.0 Å². The zero-order valence-corrected chi connectivity index (χ0v) is 16.6. The third kappa shape index (κ3) is 4.81. The van der Waals surface area contributed by atoms with Crippen LogP contribution >= 0.6 is 23.2 Å². The summed E-state index contributed by atoms with van der Waals surface area (Å²) in [5, 5.41) is 13.3. The van der Waals surface area contributed by atoms with Gasteiger partial charge in [-0.15, -0.1) is 0 Å². The maximum Gasteiger partial charge on any atom is 0.251 e. The highest BCUT2D eigenvalue weighted by Gasteiger charge is 2.11. The Kier molecular flexibility index (Phi) is 6.52. The Bertz CT molecular complexity index is 1010. The van der Waals surface area contributed by atoms with Crippen molar-refractivity contribution < 1.29 is 14.6 Å². The molecule has 0 aliphatic heterocycles. The quantitative estimate of drug-likeness (QED) is 0.620. The van der Waals surface area contributed by atoms with Crippen LogP contribution < -0.4 is 10.1 Å². The number of aromatic nitrogens is 1. The number of hydrogen-bond acceptors (Lipinski definition) is 4. The molecule has 0 unspecified atom stereocenters. The minimum Gasteiger partial charge on any atom is -0.481 e. The molecule has 0 bridgehead atoms. The van der Waals surface area contributed by atoms with E-state index < -0.39 is 0 Å². The molecule has 28 heavy (non-hydrogen) atoms. The van der Waals surface area contributed by atoms with Crippen LogP contribution in [0.2, 0.25) is 10.0 Å². The number of amides is 1. The molecule has 0 fully saturated rings. The topological polar surface area (TPSA) is 71.5 Å². The molecule has 2 N–H and O–H groups in total. The molecular weight excluding hydrogens is 399 g/mol. The minimum atomic E-state index is -0.261. The van der Waals surface area contributed by atoms with Gasteiger partial charge < -0.3 is 15.2 Å². The molecule has 5 nitrogen and oxygen atoms in total. The molecule has 3 rings (SSSR count). The number of hydrogen-bond donors (Lipinski definition) is 2. The van der Waals surface area contributed by atoms with Gasteiger partial charge in [-0.3, -0.25) is 4.79 Å². The molecule has 0 saturated carbocycles. The van der Waals surface area contributed by atoms with Gasteiger partial charge in [0, 0.05) is 24.4 Å². The summed E-state index contributed by atoms with van der Waals surface area (Å²) in [5.41, 5.74) is 3.53. The van der Waals surface area contributed by atoms with Crippen LogP contribution in [0, 0.1) is 0 Å². The number of carbonyl (C=O) groups is 1. The summed E-state index contributed by atoms with van der Waals surface area (Å²) >= 11 is 11.9. The molecule has 3 aromatic rings. The summed E-state index contributed by atoms with van der Waals surface area (Å²) in [6.45, 7) is 0.126. The minimum absolute atomic E-state index is 0.177. The standard InChI is InChI=1S/C21H18Cl2N2O3/c1-28-20-10-15(4-5-24-20)16-6-14(12-26)7-17(9-16)21(27)25-11-13-2-3-18(22)19(23)8-13/h2-10,26H,11-12H2,1H3,(H,25,27). The Balaban J connectivity index is 1.83. The highest BCUT2D eigenvalue weighted by molar-refractivity contribution is 6.42. The Morgan fingerprint density at radius 2 is 1.86 bits per heavy atom. The fraction of sp³-hybridized carbons (Fsp3) is 0.143. The lowest BCUT2D eigenvalue weighted by Gasteiger charge is -2.11. The van der Waals surface area contributed by atoms with Gasteiger partial charge in [0.05, 0.1) is 23.8 Å². The molecule has 1 heterocycles. The van der Waals surface area contributed by atoms with E-state index in [1.54, 1.807) is 42.6 Å². The maximum absolute atomic E-state index is 12.7. The van der Waals surface area contributed by atoms with Crippen LogP contribution in [0.25, 0.3) is 11.1 Å². The second-order valence-corrected chi connectivity index (χ2v) is 6.91. The lowest BCUT2D eigenvalue weighted by Crippen LogP contribution is -2.23. The summed E-state index contributed by atoms with van der Waals surface area (Å²) in [6.07, 6.45) is 1.63. The van der Waals surface area contributed by atoms with Gasteiger partial charge in [-0.05, 0) is 58.7 Å². The van der Waals surface area contributed by atoms with E-state index in [1.807, 2.05) is 12.1 Å². The van der Waals surface area contributed by atoms with E-state index in [1.165, 1.54) is 7.11 Å². The molecule has 0 aliphatic carbocycles. The smallest absolute Gasteiger partial charge is 0.251 e. The normalized spacial score (nSPS) is 10.6. The van der Waals surface area contributed by atoms with Gasteiger partial charge in [0.25, 0.3) is 5.91 Å². The van der Waals surface area contributed by atoms with Crippen molar-refractivity contribution in [3.05, 3.63) is 81.5 Å². The molecule has 0 atom stereocenters. The average Bonchev–Trinajstić information content (AvgIpc) is 2.74. The van der Waals surface area contributed by atoms with Crippen molar-refractivity contribution in [3.63, 3.8) is 0 Å². The fourth-order valence-corrected chi connectivity index (χ4v) is 3.04. The Labute approximate surface area is 172 Å². The van der Waals surface area contributed by atoms with E-state index in [9.17, 15) is 9.90 Å². The number of nitrogens with zero attached hydrogens (tertiary/aromatic N) is 1. The maximum atomic E-state index is 12.7. The molecule has 144 valence electrons. The number of methoxy groups -OCH3 is 1. The third-order valence-corrected chi connectivity index (χ3v) is 4.89. The van der Waals surface area contributed by atoms with Crippen molar-refractivity contribution in [2.45, 2.75) is 13.2 Å². The molecule has 2 aromatic carbocycles. The highest BCUT2D eigenvalue weighted by Crippen LogP contribution is 2.25. The predicted octanol–water partition coefficient (Wildman–Crippen LogP) is 4.49. The highest BCUT2D eigenvalue weighted by atomic mass is 35.5. The van der Waals surface area contributed by atoms with Crippen LogP contribution in [0.3, 0.4) is 0 Å². The van der Waals surface area contributed by atoms with Crippen LogP contribution in [-0.2, 0) is 13.2 Å². The molecule has 0 saturated heterocycles. The molecular formula is C21H18Cl2N2O3. The number of carbonyl (C=O) groups excluding carboxylic acids is 1. The first-order valence-electron chi connectivity index (χ1n) is 8.47.